The Balaban J connectivity index is 5.56. The van der Waals surface area contributed by atoms with Crippen molar-refractivity contribution in [3.63, 3.8) is 0 Å². The third-order valence-electron chi connectivity index (χ3n) is 4.38. The molecule has 0 aromatic heterocycles. The molecule has 0 fully saturated rings. The Morgan fingerprint density at radius 2 is 1.31 bits per heavy atom. The van der Waals surface area contributed by atoms with Gasteiger partial charge in [-0.05, 0) is 19.3 Å². The second-order valence-electron chi connectivity index (χ2n) is 7.29. The number of aliphatic hydroxyl groups excluding tert-OH is 1. The van der Waals surface area contributed by atoms with E-state index in [2.05, 4.69) is 15.6 Å². The Labute approximate surface area is 199 Å². The fourth-order valence-electron chi connectivity index (χ4n) is 2.59. The molecule has 4 atom stereocenters. The number of nitrogens with zero attached hydrogens (tertiary/aromatic N) is 1. The molecule has 198 valence electrons. The summed E-state index contributed by atoms with van der Waals surface area (Å²) < 4.78 is 0. The van der Waals surface area contributed by atoms with Gasteiger partial charge >= 0.3 is 17.9 Å². The zero-order valence-electron chi connectivity index (χ0n) is 18.7. The molecular weight excluding hydrogens is 474 g/mol. The monoisotopic (exact) mass is 505 g/mol. The summed E-state index contributed by atoms with van der Waals surface area (Å²) in [6, 6.07) is -6.15. The number of carbonyl (C=O) groups excluding carboxylic acids is 3. The van der Waals surface area contributed by atoms with Gasteiger partial charge in [-0.15, -0.1) is 0 Å². The van der Waals surface area contributed by atoms with Gasteiger partial charge in [-0.1, -0.05) is 0 Å². The number of nitrogens with two attached hydrogens (primary N) is 3. The van der Waals surface area contributed by atoms with Crippen molar-refractivity contribution in [3.05, 3.63) is 0 Å². The molecule has 0 aliphatic rings. The Bertz CT molecular complexity index is 815. The van der Waals surface area contributed by atoms with Gasteiger partial charge < -0.3 is 53.6 Å². The van der Waals surface area contributed by atoms with E-state index in [1.807, 2.05) is 5.32 Å². The average Bonchev–Trinajstić information content (AvgIpc) is 2.76. The third-order valence-corrected chi connectivity index (χ3v) is 4.38. The van der Waals surface area contributed by atoms with Crippen LogP contribution in [0.2, 0.25) is 0 Å². The first kappa shape index (κ1) is 31.0. The van der Waals surface area contributed by atoms with E-state index in [4.69, 9.17) is 32.5 Å². The van der Waals surface area contributed by atoms with Crippen LogP contribution in [0.1, 0.15) is 32.1 Å². The van der Waals surface area contributed by atoms with Crippen molar-refractivity contribution in [2.45, 2.75) is 56.3 Å². The first-order chi connectivity index (χ1) is 16.3. The lowest BCUT2D eigenvalue weighted by Gasteiger charge is -2.24. The smallest absolute Gasteiger partial charge is 0.326 e. The van der Waals surface area contributed by atoms with Crippen LogP contribution in [0, 0.1) is 0 Å². The molecule has 0 saturated carbocycles. The maximum Gasteiger partial charge on any atom is 0.326 e. The largest absolute Gasteiger partial charge is 0.481 e. The van der Waals surface area contributed by atoms with E-state index in [0.29, 0.717) is 0 Å². The van der Waals surface area contributed by atoms with Crippen LogP contribution >= 0.6 is 0 Å². The summed E-state index contributed by atoms with van der Waals surface area (Å²) in [6.07, 6.45) is -1.95. The third kappa shape index (κ3) is 13.3. The number of rotatable bonds is 17. The molecule has 35 heavy (non-hydrogen) atoms. The van der Waals surface area contributed by atoms with Crippen molar-refractivity contribution >= 4 is 41.6 Å². The topological polar surface area (TPSA) is 310 Å². The molecule has 3 amide bonds. The van der Waals surface area contributed by atoms with Crippen molar-refractivity contribution in [3.8, 4) is 0 Å². The van der Waals surface area contributed by atoms with Crippen LogP contribution in [0.25, 0.3) is 0 Å². The first-order valence-electron chi connectivity index (χ1n) is 10.3. The Hall–Kier alpha value is -3.99. The number of carbonyl (C=O) groups is 6. The van der Waals surface area contributed by atoms with Crippen LogP contribution in [0.15, 0.2) is 4.99 Å². The number of guanidine groups is 1. The molecule has 13 N–H and O–H groups in total. The summed E-state index contributed by atoms with van der Waals surface area (Å²) in [4.78, 5) is 74.3. The first-order valence-corrected chi connectivity index (χ1v) is 10.3. The Morgan fingerprint density at radius 1 is 0.771 bits per heavy atom. The molecular formula is C18H31N7O10. The highest BCUT2D eigenvalue weighted by molar-refractivity contribution is 5.95. The fraction of sp³-hybridized carbons (Fsp3) is 0.611. The summed E-state index contributed by atoms with van der Waals surface area (Å²) in [5.41, 5.74) is 15.8. The van der Waals surface area contributed by atoms with Crippen LogP contribution in [-0.4, -0.2) is 99.3 Å². The highest BCUT2D eigenvalue weighted by Gasteiger charge is 2.31. The second-order valence-corrected chi connectivity index (χ2v) is 7.29. The lowest BCUT2D eigenvalue weighted by molar-refractivity contribution is -0.144. The van der Waals surface area contributed by atoms with E-state index in [1.54, 1.807) is 0 Å². The lowest BCUT2D eigenvalue weighted by Crippen LogP contribution is -2.57. The summed E-state index contributed by atoms with van der Waals surface area (Å²) in [7, 11) is 0. The van der Waals surface area contributed by atoms with Crippen LogP contribution in [-0.2, 0) is 28.8 Å². The van der Waals surface area contributed by atoms with E-state index in [1.165, 1.54) is 0 Å². The van der Waals surface area contributed by atoms with Crippen LogP contribution in [0.5, 0.6) is 0 Å². The number of aliphatic imine (C=N–C) groups is 1. The van der Waals surface area contributed by atoms with Crippen molar-refractivity contribution in [1.29, 1.82) is 0 Å². The SMILES string of the molecule is NC(N)=NCCCC(NC(=O)C(N)CO)C(=O)NC(CC(=O)O)C(=O)NC(CCC(=O)O)C(=O)O. The predicted molar refractivity (Wildman–Crippen MR) is 118 cm³/mol. The van der Waals surface area contributed by atoms with Crippen molar-refractivity contribution in [2.75, 3.05) is 13.2 Å². The van der Waals surface area contributed by atoms with Gasteiger partial charge in [-0.2, -0.15) is 0 Å². The molecule has 0 rings (SSSR count). The molecule has 17 heteroatoms. The predicted octanol–water partition coefficient (Wildman–Crippen LogP) is -4.76. The van der Waals surface area contributed by atoms with Gasteiger partial charge in [0.25, 0.3) is 0 Å². The van der Waals surface area contributed by atoms with Crippen LogP contribution < -0.4 is 33.2 Å². The molecule has 0 aromatic rings. The number of nitrogens with one attached hydrogen (secondary N) is 3. The maximum absolute atomic E-state index is 12.8. The molecule has 0 saturated heterocycles. The van der Waals surface area contributed by atoms with Crippen LogP contribution in [0.4, 0.5) is 0 Å². The number of hydrogen-bond acceptors (Lipinski definition) is 9. The summed E-state index contributed by atoms with van der Waals surface area (Å²) in [5.74, 6) is -7.73. The van der Waals surface area contributed by atoms with Gasteiger partial charge in [0.15, 0.2) is 5.96 Å². The summed E-state index contributed by atoms with van der Waals surface area (Å²) >= 11 is 0. The molecule has 0 radical (unpaired) electrons. The number of hydrogen-bond donors (Lipinski definition) is 10. The fourth-order valence-corrected chi connectivity index (χ4v) is 2.59. The molecule has 0 spiro atoms. The minimum atomic E-state index is -1.77. The molecule has 4 unspecified atom stereocenters. The molecule has 17 nitrogen and oxygen atoms in total. The van der Waals surface area contributed by atoms with Gasteiger partial charge in [0, 0.05) is 13.0 Å². The minimum Gasteiger partial charge on any atom is -0.481 e. The zero-order chi connectivity index (χ0) is 27.1. The average molecular weight is 505 g/mol. The standard InChI is InChI=1S/C18H31N7O10/c19-8(7-26)14(31)23-9(2-1-5-22-18(20)21)15(32)25-11(6-13(29)30)16(33)24-10(17(34)35)3-4-12(27)28/h8-11,26H,1-7,19H2,(H,23,31)(H,24,33)(H,25,32)(H,27,28)(H,29,30)(H,34,35)(H4,20,21,22). The van der Waals surface area contributed by atoms with E-state index >= 15 is 0 Å². The van der Waals surface area contributed by atoms with E-state index < -0.39 is 85.7 Å². The van der Waals surface area contributed by atoms with Gasteiger partial charge in [0.05, 0.1) is 13.0 Å². The number of aliphatic carboxylic acids is 3. The molecule has 0 aliphatic carbocycles. The van der Waals surface area contributed by atoms with Gasteiger partial charge in [-0.25, -0.2) is 4.79 Å². The van der Waals surface area contributed by atoms with Gasteiger partial charge in [-0.3, -0.25) is 29.0 Å². The number of aliphatic hydroxyl groups is 1. The van der Waals surface area contributed by atoms with Gasteiger partial charge in [0.2, 0.25) is 17.7 Å². The highest BCUT2D eigenvalue weighted by atomic mass is 16.4. The lowest BCUT2D eigenvalue weighted by atomic mass is 10.1. The quantitative estimate of drug-likeness (QED) is 0.0504. The summed E-state index contributed by atoms with van der Waals surface area (Å²) in [6.45, 7) is -0.665. The molecule has 0 aliphatic heterocycles. The van der Waals surface area contributed by atoms with Crippen molar-refractivity contribution in [2.24, 2.45) is 22.2 Å². The summed E-state index contributed by atoms with van der Waals surface area (Å²) in [5, 5.41) is 42.4. The Morgan fingerprint density at radius 3 is 1.80 bits per heavy atom. The van der Waals surface area contributed by atoms with E-state index in [9.17, 15) is 33.9 Å². The highest BCUT2D eigenvalue weighted by Crippen LogP contribution is 2.04. The normalized spacial score (nSPS) is 13.9. The van der Waals surface area contributed by atoms with Crippen molar-refractivity contribution in [1.82, 2.24) is 16.0 Å². The van der Waals surface area contributed by atoms with E-state index in [0.717, 1.165) is 0 Å². The minimum absolute atomic E-state index is 0.0664. The van der Waals surface area contributed by atoms with Crippen LogP contribution in [0.3, 0.4) is 0 Å². The van der Waals surface area contributed by atoms with Gasteiger partial charge in [0.1, 0.15) is 24.2 Å². The number of carboxylic acids is 3. The maximum atomic E-state index is 12.8. The van der Waals surface area contributed by atoms with E-state index in [-0.39, 0.29) is 25.3 Å². The zero-order valence-corrected chi connectivity index (χ0v) is 18.7. The van der Waals surface area contributed by atoms with Crippen molar-refractivity contribution < 1.29 is 49.2 Å². The number of carboxylic acid groups (broad SMARTS) is 3. The number of amides is 3. The molecule has 0 bridgehead atoms. The molecule has 0 aromatic carbocycles. The second kappa shape index (κ2) is 15.8. The Kier molecular flexibility index (Phi) is 14.0. The molecule has 0 heterocycles.